The number of amides is 3. The molecule has 1 aliphatic heterocycles. The highest BCUT2D eigenvalue weighted by molar-refractivity contribution is 6.35. The van der Waals surface area contributed by atoms with Gasteiger partial charge in [-0.25, -0.2) is 4.79 Å². The van der Waals surface area contributed by atoms with E-state index in [1.54, 1.807) is 73.9 Å². The maximum absolute atomic E-state index is 13.1. The number of nitrogens with zero attached hydrogens (tertiary/aromatic N) is 2. The maximum Gasteiger partial charge on any atom is 0.409 e. The molecule has 2 aromatic carbocycles. The first-order valence-electron chi connectivity index (χ1n) is 12.4. The molecule has 0 spiro atoms. The van der Waals surface area contributed by atoms with Crippen molar-refractivity contribution in [3.63, 3.8) is 0 Å². The molecule has 2 atom stereocenters. The number of ether oxygens (including phenoxy) is 1. The maximum atomic E-state index is 13.1. The van der Waals surface area contributed by atoms with Crippen molar-refractivity contribution in [3.05, 3.63) is 99.6 Å². The van der Waals surface area contributed by atoms with E-state index in [4.69, 9.17) is 16.3 Å². The van der Waals surface area contributed by atoms with Crippen LogP contribution in [-0.4, -0.2) is 64.1 Å². The summed E-state index contributed by atoms with van der Waals surface area (Å²) in [6.07, 6.45) is 2.78. The van der Waals surface area contributed by atoms with Gasteiger partial charge in [-0.3, -0.25) is 19.0 Å². The number of hydrogen-bond acceptors (Lipinski definition) is 5. The minimum atomic E-state index is -0.568. The number of aromatic amines is 1. The predicted octanol–water partition coefficient (Wildman–Crippen LogP) is 3.34. The van der Waals surface area contributed by atoms with E-state index < -0.39 is 18.2 Å². The van der Waals surface area contributed by atoms with Gasteiger partial charge in [-0.1, -0.05) is 17.7 Å². The van der Waals surface area contributed by atoms with Gasteiger partial charge in [-0.15, -0.1) is 0 Å². The number of carbonyl (C=O) groups is 3. The van der Waals surface area contributed by atoms with Crippen LogP contribution < -0.4 is 16.2 Å². The molecule has 3 amide bonds. The number of likely N-dealkylation sites (tertiary alicyclic amines) is 1. The summed E-state index contributed by atoms with van der Waals surface area (Å²) >= 11 is 6.21. The lowest BCUT2D eigenvalue weighted by atomic mass is 10.1. The van der Waals surface area contributed by atoms with E-state index in [0.29, 0.717) is 21.8 Å². The zero-order valence-electron chi connectivity index (χ0n) is 21.0. The molecule has 2 aromatic heterocycles. The number of rotatable bonds is 6. The van der Waals surface area contributed by atoms with E-state index in [0.717, 1.165) is 10.9 Å². The van der Waals surface area contributed by atoms with Crippen molar-refractivity contribution in [1.82, 2.24) is 25.1 Å². The number of pyridine rings is 1. The van der Waals surface area contributed by atoms with Crippen molar-refractivity contribution < 1.29 is 19.1 Å². The van der Waals surface area contributed by atoms with Gasteiger partial charge in [0.25, 0.3) is 17.4 Å². The van der Waals surface area contributed by atoms with E-state index in [-0.39, 0.29) is 37.1 Å². The number of H-pyrrole nitrogens is 1. The Balaban J connectivity index is 1.32. The van der Waals surface area contributed by atoms with E-state index in [1.807, 2.05) is 0 Å². The molecule has 0 radical (unpaired) electrons. The first-order valence-corrected chi connectivity index (χ1v) is 12.8. The van der Waals surface area contributed by atoms with Crippen molar-refractivity contribution in [2.24, 2.45) is 0 Å². The summed E-state index contributed by atoms with van der Waals surface area (Å²) in [5.74, 6) is -0.737. The van der Waals surface area contributed by atoms with Crippen molar-refractivity contribution in [2.75, 3.05) is 19.7 Å². The van der Waals surface area contributed by atoms with Gasteiger partial charge < -0.3 is 25.3 Å². The number of nitrogens with one attached hydrogen (secondary N) is 3. The fourth-order valence-corrected chi connectivity index (χ4v) is 4.82. The molecule has 0 bridgehead atoms. The molecule has 3 heterocycles. The molecule has 10 nitrogen and oxygen atoms in total. The van der Waals surface area contributed by atoms with Crippen LogP contribution in [0.25, 0.3) is 16.6 Å². The van der Waals surface area contributed by atoms with Gasteiger partial charge in [-0.2, -0.15) is 0 Å². The van der Waals surface area contributed by atoms with Gasteiger partial charge in [0, 0.05) is 59.3 Å². The van der Waals surface area contributed by atoms with E-state index >= 15 is 0 Å². The SMILES string of the molecule is CCOC(=O)N1C[C@H](NC(=O)c2ccc(-n3ccccc3=O)cc2)[C@H](NC(=O)c2ccc3[nH]cc(Cl)c3c2)C1. The molecule has 11 heteroatoms. The monoisotopic (exact) mass is 547 g/mol. The number of aromatic nitrogens is 2. The van der Waals surface area contributed by atoms with Crippen LogP contribution in [0.1, 0.15) is 27.6 Å². The third-order valence-corrected chi connectivity index (χ3v) is 6.92. The molecule has 39 heavy (non-hydrogen) atoms. The molecule has 3 N–H and O–H groups in total. The number of carbonyl (C=O) groups excluding carboxylic acids is 3. The summed E-state index contributed by atoms with van der Waals surface area (Å²) in [6, 6.07) is 15.4. The zero-order valence-corrected chi connectivity index (χ0v) is 21.8. The van der Waals surface area contributed by atoms with Gasteiger partial charge in [0.05, 0.1) is 23.7 Å². The quantitative estimate of drug-likeness (QED) is 0.341. The van der Waals surface area contributed by atoms with Crippen molar-refractivity contribution in [1.29, 1.82) is 0 Å². The predicted molar refractivity (Wildman–Crippen MR) is 146 cm³/mol. The lowest BCUT2D eigenvalue weighted by Gasteiger charge is -2.21. The summed E-state index contributed by atoms with van der Waals surface area (Å²) < 4.78 is 6.61. The second kappa shape index (κ2) is 11.0. The first-order chi connectivity index (χ1) is 18.8. The molecule has 0 aliphatic carbocycles. The Labute approximate surface area is 228 Å². The van der Waals surface area contributed by atoms with E-state index in [2.05, 4.69) is 15.6 Å². The van der Waals surface area contributed by atoms with Crippen LogP contribution in [0, 0.1) is 0 Å². The smallest absolute Gasteiger partial charge is 0.409 e. The van der Waals surface area contributed by atoms with Crippen LogP contribution in [0.3, 0.4) is 0 Å². The second-order valence-corrected chi connectivity index (χ2v) is 9.52. The molecular formula is C28H26ClN5O5. The normalized spacial score (nSPS) is 16.7. The Morgan fingerprint density at radius 3 is 2.31 bits per heavy atom. The Kier molecular flexibility index (Phi) is 7.38. The molecule has 1 saturated heterocycles. The van der Waals surface area contributed by atoms with Crippen molar-refractivity contribution in [3.8, 4) is 5.69 Å². The largest absolute Gasteiger partial charge is 0.450 e. The Morgan fingerprint density at radius 2 is 1.64 bits per heavy atom. The molecule has 1 aliphatic rings. The van der Waals surface area contributed by atoms with Gasteiger partial charge in [-0.05, 0) is 55.5 Å². The summed E-state index contributed by atoms with van der Waals surface area (Å²) in [7, 11) is 0. The summed E-state index contributed by atoms with van der Waals surface area (Å²) in [5.41, 5.74) is 2.01. The van der Waals surface area contributed by atoms with Crippen molar-refractivity contribution in [2.45, 2.75) is 19.0 Å². The van der Waals surface area contributed by atoms with Crippen LogP contribution in [0.15, 0.2) is 77.9 Å². The fraction of sp³-hybridized carbons (Fsp3) is 0.214. The lowest BCUT2D eigenvalue weighted by molar-refractivity contribution is 0.0897. The van der Waals surface area contributed by atoms with E-state index in [1.165, 1.54) is 15.5 Å². The first kappa shape index (κ1) is 26.1. The van der Waals surface area contributed by atoms with Crippen LogP contribution in [0.5, 0.6) is 0 Å². The summed E-state index contributed by atoms with van der Waals surface area (Å²) in [5, 5.41) is 7.10. The van der Waals surface area contributed by atoms with Crippen molar-refractivity contribution >= 4 is 40.4 Å². The van der Waals surface area contributed by atoms with Crippen LogP contribution in [0.2, 0.25) is 5.02 Å². The van der Waals surface area contributed by atoms with Gasteiger partial charge in [0.1, 0.15) is 0 Å². The van der Waals surface area contributed by atoms with Crippen LogP contribution >= 0.6 is 11.6 Å². The molecule has 200 valence electrons. The zero-order chi connectivity index (χ0) is 27.5. The Hall–Kier alpha value is -4.57. The van der Waals surface area contributed by atoms with Crippen LogP contribution in [-0.2, 0) is 4.74 Å². The topological polar surface area (TPSA) is 126 Å². The highest BCUT2D eigenvalue weighted by Crippen LogP contribution is 2.24. The highest BCUT2D eigenvalue weighted by Gasteiger charge is 2.38. The third-order valence-electron chi connectivity index (χ3n) is 6.60. The standard InChI is InChI=1S/C28H26ClN5O5/c1-2-39-28(38)33-15-23(24(16-33)32-27(37)18-8-11-22-20(13-18)21(29)14-30-22)31-26(36)17-6-9-19(10-7-17)34-12-4-3-5-25(34)35/h3-14,23-24,30H,2,15-16H2,1H3,(H,31,36)(H,32,37)/t23-,24+/m0/s1. The van der Waals surface area contributed by atoms with Gasteiger partial charge in [0.2, 0.25) is 0 Å². The Morgan fingerprint density at radius 1 is 0.974 bits per heavy atom. The third kappa shape index (κ3) is 5.51. The molecule has 0 unspecified atom stereocenters. The average molecular weight is 548 g/mol. The average Bonchev–Trinajstić information content (AvgIpc) is 3.51. The number of hydrogen-bond donors (Lipinski definition) is 3. The number of fused-ring (bicyclic) bond motifs is 1. The molecule has 4 aromatic rings. The molecule has 0 saturated carbocycles. The minimum Gasteiger partial charge on any atom is -0.450 e. The summed E-state index contributed by atoms with van der Waals surface area (Å²) in [4.78, 5) is 55.3. The second-order valence-electron chi connectivity index (χ2n) is 9.12. The Bertz CT molecular complexity index is 1600. The van der Waals surface area contributed by atoms with Gasteiger partial charge in [0.15, 0.2) is 0 Å². The van der Waals surface area contributed by atoms with Crippen LogP contribution in [0.4, 0.5) is 4.79 Å². The minimum absolute atomic E-state index is 0.162. The molecule has 1 fully saturated rings. The highest BCUT2D eigenvalue weighted by atomic mass is 35.5. The number of halogens is 1. The van der Waals surface area contributed by atoms with Gasteiger partial charge >= 0.3 is 6.09 Å². The fourth-order valence-electron chi connectivity index (χ4n) is 4.61. The number of benzene rings is 2. The molecular weight excluding hydrogens is 522 g/mol. The molecule has 5 rings (SSSR count). The van der Waals surface area contributed by atoms with E-state index in [9.17, 15) is 19.2 Å². The lowest BCUT2D eigenvalue weighted by Crippen LogP contribution is -2.51. The summed E-state index contributed by atoms with van der Waals surface area (Å²) in [6.45, 7) is 2.24.